The van der Waals surface area contributed by atoms with Gasteiger partial charge in [0.05, 0.1) is 12.2 Å². The van der Waals surface area contributed by atoms with E-state index in [4.69, 9.17) is 4.74 Å². The Labute approximate surface area is 157 Å². The van der Waals surface area contributed by atoms with Crippen LogP contribution in [0, 0.1) is 0 Å². The standard InChI is InChI=1S/C21H33N3O2/c1-3-17(4-2)22-21(25)20-16-24(15-14-23-12-8-5-9-13-23)18-10-6-7-11-19(18)26-20/h6-7,10-11,17,20H,3-5,8-9,12-16H2,1-2H3,(H,22,25). The van der Waals surface area contributed by atoms with E-state index in [1.54, 1.807) is 0 Å². The Kier molecular flexibility index (Phi) is 6.78. The van der Waals surface area contributed by atoms with E-state index < -0.39 is 6.10 Å². The molecule has 1 unspecified atom stereocenters. The molecule has 3 rings (SSSR count). The lowest BCUT2D eigenvalue weighted by Crippen LogP contribution is -2.52. The molecule has 0 saturated carbocycles. The fourth-order valence-corrected chi connectivity index (χ4v) is 3.89. The number of fused-ring (bicyclic) bond motifs is 1. The van der Waals surface area contributed by atoms with Gasteiger partial charge in [0.2, 0.25) is 0 Å². The predicted molar refractivity (Wildman–Crippen MR) is 106 cm³/mol. The highest BCUT2D eigenvalue weighted by atomic mass is 16.5. The van der Waals surface area contributed by atoms with E-state index in [-0.39, 0.29) is 11.9 Å². The van der Waals surface area contributed by atoms with Gasteiger partial charge in [-0.15, -0.1) is 0 Å². The van der Waals surface area contributed by atoms with Crippen LogP contribution in [0.15, 0.2) is 24.3 Å². The van der Waals surface area contributed by atoms with Gasteiger partial charge < -0.3 is 19.9 Å². The molecular formula is C21H33N3O2. The second-order valence-electron chi connectivity index (χ2n) is 7.44. The summed E-state index contributed by atoms with van der Waals surface area (Å²) in [6.07, 6.45) is 5.43. The van der Waals surface area contributed by atoms with Gasteiger partial charge in [-0.3, -0.25) is 4.79 Å². The average Bonchev–Trinajstić information content (AvgIpc) is 2.70. The lowest BCUT2D eigenvalue weighted by Gasteiger charge is -2.37. The normalized spacial score (nSPS) is 20.6. The Morgan fingerprint density at radius 1 is 1.15 bits per heavy atom. The van der Waals surface area contributed by atoms with Crippen LogP contribution in [0.4, 0.5) is 5.69 Å². The van der Waals surface area contributed by atoms with E-state index >= 15 is 0 Å². The van der Waals surface area contributed by atoms with Gasteiger partial charge in [-0.05, 0) is 50.9 Å². The Balaban J connectivity index is 1.66. The molecule has 0 aromatic heterocycles. The fourth-order valence-electron chi connectivity index (χ4n) is 3.89. The summed E-state index contributed by atoms with van der Waals surface area (Å²) in [5.74, 6) is 0.832. The molecule has 1 saturated heterocycles. The first-order valence-corrected chi connectivity index (χ1v) is 10.2. The number of amides is 1. The van der Waals surface area contributed by atoms with Crippen molar-refractivity contribution in [3.8, 4) is 5.75 Å². The van der Waals surface area contributed by atoms with Crippen LogP contribution in [0.25, 0.3) is 0 Å². The van der Waals surface area contributed by atoms with Gasteiger partial charge in [0.25, 0.3) is 5.91 Å². The number of carbonyl (C=O) groups excluding carboxylic acids is 1. The zero-order valence-corrected chi connectivity index (χ0v) is 16.2. The highest BCUT2D eigenvalue weighted by Crippen LogP contribution is 2.33. The maximum Gasteiger partial charge on any atom is 0.263 e. The Hall–Kier alpha value is -1.75. The van der Waals surface area contributed by atoms with Crippen molar-refractivity contribution in [2.75, 3.05) is 37.6 Å². The number of benzene rings is 1. The second kappa shape index (κ2) is 9.26. The molecule has 1 N–H and O–H groups in total. The molecule has 2 heterocycles. The second-order valence-corrected chi connectivity index (χ2v) is 7.44. The number of nitrogens with one attached hydrogen (secondary N) is 1. The lowest BCUT2D eigenvalue weighted by molar-refractivity contribution is -0.128. The van der Waals surface area contributed by atoms with Gasteiger partial charge in [0, 0.05) is 19.1 Å². The molecule has 0 bridgehead atoms. The molecular weight excluding hydrogens is 326 g/mol. The molecule has 5 nitrogen and oxygen atoms in total. The van der Waals surface area contributed by atoms with Crippen molar-refractivity contribution >= 4 is 11.6 Å². The van der Waals surface area contributed by atoms with Crippen molar-refractivity contribution in [2.24, 2.45) is 0 Å². The summed E-state index contributed by atoms with van der Waals surface area (Å²) in [7, 11) is 0. The molecule has 0 radical (unpaired) electrons. The van der Waals surface area contributed by atoms with E-state index in [9.17, 15) is 4.79 Å². The molecule has 1 aromatic carbocycles. The molecule has 1 amide bonds. The van der Waals surface area contributed by atoms with Crippen molar-refractivity contribution in [3.63, 3.8) is 0 Å². The highest BCUT2D eigenvalue weighted by Gasteiger charge is 2.31. The summed E-state index contributed by atoms with van der Waals surface area (Å²) in [4.78, 5) is 17.6. The number of likely N-dealkylation sites (tertiary alicyclic amines) is 1. The first kappa shape index (κ1) is 19.0. The van der Waals surface area contributed by atoms with E-state index in [1.807, 2.05) is 18.2 Å². The Morgan fingerprint density at radius 3 is 2.62 bits per heavy atom. The van der Waals surface area contributed by atoms with Crippen molar-refractivity contribution in [3.05, 3.63) is 24.3 Å². The lowest BCUT2D eigenvalue weighted by atomic mass is 10.1. The van der Waals surface area contributed by atoms with Crippen LogP contribution >= 0.6 is 0 Å². The van der Waals surface area contributed by atoms with Crippen molar-refractivity contribution in [1.82, 2.24) is 10.2 Å². The van der Waals surface area contributed by atoms with Gasteiger partial charge in [-0.25, -0.2) is 0 Å². The van der Waals surface area contributed by atoms with Crippen molar-refractivity contribution in [2.45, 2.75) is 58.1 Å². The molecule has 5 heteroatoms. The zero-order valence-electron chi connectivity index (χ0n) is 16.2. The predicted octanol–water partition coefficient (Wildman–Crippen LogP) is 3.04. The van der Waals surface area contributed by atoms with Crippen molar-refractivity contribution in [1.29, 1.82) is 0 Å². The summed E-state index contributed by atoms with van der Waals surface area (Å²) < 4.78 is 6.04. The minimum atomic E-state index is -0.438. The van der Waals surface area contributed by atoms with Crippen LogP contribution < -0.4 is 15.0 Å². The molecule has 1 atom stereocenters. The number of piperidine rings is 1. The summed E-state index contributed by atoms with van der Waals surface area (Å²) in [6, 6.07) is 8.31. The molecule has 0 aliphatic carbocycles. The van der Waals surface area contributed by atoms with Gasteiger partial charge in [-0.1, -0.05) is 32.4 Å². The number of carbonyl (C=O) groups is 1. The Bertz CT molecular complexity index is 582. The highest BCUT2D eigenvalue weighted by molar-refractivity contribution is 5.83. The van der Waals surface area contributed by atoms with E-state index in [2.05, 4.69) is 35.0 Å². The summed E-state index contributed by atoms with van der Waals surface area (Å²) >= 11 is 0. The van der Waals surface area contributed by atoms with Crippen LogP contribution in [0.5, 0.6) is 5.75 Å². The van der Waals surface area contributed by atoms with E-state index in [1.165, 1.54) is 32.4 Å². The first-order chi connectivity index (χ1) is 12.7. The van der Waals surface area contributed by atoms with Gasteiger partial charge in [0.15, 0.2) is 6.10 Å². The minimum absolute atomic E-state index is 0.0103. The third-order valence-corrected chi connectivity index (χ3v) is 5.62. The van der Waals surface area contributed by atoms with E-state index in [0.717, 1.165) is 37.4 Å². The number of anilines is 1. The number of nitrogens with zero attached hydrogens (tertiary/aromatic N) is 2. The van der Waals surface area contributed by atoms with Gasteiger partial charge >= 0.3 is 0 Å². The number of para-hydroxylation sites is 2. The van der Waals surface area contributed by atoms with Gasteiger partial charge in [0.1, 0.15) is 5.75 Å². The number of rotatable bonds is 7. The average molecular weight is 360 g/mol. The third kappa shape index (κ3) is 4.70. The van der Waals surface area contributed by atoms with Crippen LogP contribution in [0.2, 0.25) is 0 Å². The molecule has 2 aliphatic heterocycles. The van der Waals surface area contributed by atoms with Crippen LogP contribution in [0.1, 0.15) is 46.0 Å². The number of hydrogen-bond acceptors (Lipinski definition) is 4. The number of hydrogen-bond donors (Lipinski definition) is 1. The largest absolute Gasteiger partial charge is 0.477 e. The summed E-state index contributed by atoms with van der Waals surface area (Å²) in [6.45, 7) is 9.23. The topological polar surface area (TPSA) is 44.8 Å². The monoisotopic (exact) mass is 359 g/mol. The molecule has 1 fully saturated rings. The van der Waals surface area contributed by atoms with Crippen LogP contribution in [-0.4, -0.2) is 55.7 Å². The summed E-state index contributed by atoms with van der Waals surface area (Å²) in [5, 5.41) is 3.14. The maximum atomic E-state index is 12.7. The SMILES string of the molecule is CCC(CC)NC(=O)C1CN(CCN2CCCCC2)c2ccccc2O1. The molecule has 1 aromatic rings. The number of ether oxygens (including phenoxy) is 1. The fraction of sp³-hybridized carbons (Fsp3) is 0.667. The first-order valence-electron chi connectivity index (χ1n) is 10.2. The zero-order chi connectivity index (χ0) is 18.4. The Morgan fingerprint density at radius 2 is 1.88 bits per heavy atom. The molecule has 2 aliphatic rings. The van der Waals surface area contributed by atoms with E-state index in [0.29, 0.717) is 6.54 Å². The minimum Gasteiger partial charge on any atom is -0.477 e. The maximum absolute atomic E-state index is 12.7. The summed E-state index contributed by atoms with van der Waals surface area (Å²) in [5.41, 5.74) is 1.11. The van der Waals surface area contributed by atoms with Crippen molar-refractivity contribution < 1.29 is 9.53 Å². The smallest absolute Gasteiger partial charge is 0.263 e. The molecule has 26 heavy (non-hydrogen) atoms. The van der Waals surface area contributed by atoms with Gasteiger partial charge in [-0.2, -0.15) is 0 Å². The van der Waals surface area contributed by atoms with Crippen LogP contribution in [-0.2, 0) is 4.79 Å². The molecule has 144 valence electrons. The quantitative estimate of drug-likeness (QED) is 0.813. The molecule has 0 spiro atoms. The van der Waals surface area contributed by atoms with Crippen LogP contribution in [0.3, 0.4) is 0 Å². The third-order valence-electron chi connectivity index (χ3n) is 5.62.